The van der Waals surface area contributed by atoms with E-state index in [1.807, 2.05) is 32.9 Å². The van der Waals surface area contributed by atoms with E-state index in [1.165, 1.54) is 4.90 Å². The fourth-order valence-corrected chi connectivity index (χ4v) is 9.79. The van der Waals surface area contributed by atoms with Crippen LogP contribution < -0.4 is 18.9 Å². The molecular weight excluding hydrogens is 801 g/mol. The summed E-state index contributed by atoms with van der Waals surface area (Å²) in [4.78, 5) is 63.3. The molecule has 0 bridgehead atoms. The van der Waals surface area contributed by atoms with Crippen LogP contribution in [-0.4, -0.2) is 90.5 Å². The number of nitrogens with one attached hydrogen (secondary N) is 1. The number of fused-ring (bicyclic) bond motifs is 3. The molecular formula is C44H59F2N3O10S. The summed E-state index contributed by atoms with van der Waals surface area (Å²) >= 11 is 0. The van der Waals surface area contributed by atoms with Gasteiger partial charge in [0, 0.05) is 31.2 Å². The normalized spacial score (nSPS) is 29.0. The minimum atomic E-state index is -4.02. The predicted molar refractivity (Wildman–Crippen MR) is 219 cm³/mol. The zero-order chi connectivity index (χ0) is 44.0. The number of alkyl halides is 2. The molecule has 1 aromatic heterocycles. The fraction of sp³-hybridized carbons (Fsp3) is 0.659. The summed E-state index contributed by atoms with van der Waals surface area (Å²) in [5.74, 6) is -6.87. The van der Waals surface area contributed by atoms with Crippen molar-refractivity contribution in [3.8, 4) is 17.5 Å². The molecule has 330 valence electrons. The van der Waals surface area contributed by atoms with Gasteiger partial charge in [0.05, 0.1) is 48.8 Å². The van der Waals surface area contributed by atoms with Crippen molar-refractivity contribution in [2.45, 2.75) is 135 Å². The molecule has 2 aromatic rings. The van der Waals surface area contributed by atoms with Gasteiger partial charge in [0.2, 0.25) is 33.6 Å². The third-order valence-electron chi connectivity index (χ3n) is 13.2. The average Bonchev–Trinajstić information content (AvgIpc) is 4.04. The van der Waals surface area contributed by atoms with Crippen LogP contribution in [0.2, 0.25) is 0 Å². The summed E-state index contributed by atoms with van der Waals surface area (Å²) in [6.07, 6.45) is 5.09. The number of pyridine rings is 1. The Hall–Kier alpha value is -4.34. The van der Waals surface area contributed by atoms with E-state index in [2.05, 4.69) is 9.71 Å². The number of ketones is 1. The maximum atomic E-state index is 15.0. The first-order valence-corrected chi connectivity index (χ1v) is 22.5. The van der Waals surface area contributed by atoms with Crippen molar-refractivity contribution in [3.05, 3.63) is 36.4 Å². The molecule has 2 saturated carbocycles. The second kappa shape index (κ2) is 16.8. The number of nitrogens with zero attached hydrogens (tertiary/aromatic N) is 2. The number of hydrogen-bond donors (Lipinski definition) is 1. The van der Waals surface area contributed by atoms with E-state index in [0.29, 0.717) is 62.2 Å². The van der Waals surface area contributed by atoms with Gasteiger partial charge in [0.1, 0.15) is 11.9 Å². The topological polar surface area (TPSA) is 168 Å². The monoisotopic (exact) mass is 859 g/mol. The van der Waals surface area contributed by atoms with Gasteiger partial charge in [-0.05, 0) is 108 Å². The van der Waals surface area contributed by atoms with Crippen molar-refractivity contribution in [1.29, 1.82) is 0 Å². The van der Waals surface area contributed by atoms with Crippen LogP contribution >= 0.6 is 0 Å². The quantitative estimate of drug-likeness (QED) is 0.173. The number of ether oxygens (including phenoxy) is 4. The van der Waals surface area contributed by atoms with E-state index < -0.39 is 91.6 Å². The number of Topliss-reactive ketones (excluding diaryl/α,β-unsaturated/α-hetero) is 1. The highest BCUT2D eigenvalue weighted by molar-refractivity contribution is 7.91. The number of carbonyl (C=O) groups is 4. The Balaban J connectivity index is 1.37. The number of sulfonamides is 1. The molecule has 6 rings (SSSR count). The maximum absolute atomic E-state index is 15.0. The van der Waals surface area contributed by atoms with Gasteiger partial charge < -0.3 is 23.8 Å². The van der Waals surface area contributed by atoms with Crippen LogP contribution in [0.1, 0.15) is 106 Å². The highest BCUT2D eigenvalue weighted by Gasteiger charge is 2.63. The summed E-state index contributed by atoms with van der Waals surface area (Å²) in [5, 5.41) is 1.33. The van der Waals surface area contributed by atoms with E-state index >= 15 is 0 Å². The highest BCUT2D eigenvalue weighted by atomic mass is 32.2. The van der Waals surface area contributed by atoms with Crippen LogP contribution in [0.5, 0.6) is 17.5 Å². The number of amides is 2. The largest absolute Gasteiger partial charge is 0.497 e. The summed E-state index contributed by atoms with van der Waals surface area (Å²) in [5.41, 5.74) is -3.52. The molecule has 1 aromatic carbocycles. The van der Waals surface area contributed by atoms with E-state index in [1.54, 1.807) is 38.3 Å². The number of allylic oxidation sites excluding steroid dienone is 2. The number of carbonyl (C=O) groups excluding carboxylic acids is 4. The van der Waals surface area contributed by atoms with E-state index in [0.717, 1.165) is 13.8 Å². The van der Waals surface area contributed by atoms with Crippen LogP contribution in [-0.2, 0) is 33.9 Å². The number of rotatable bonds is 12. The number of methoxy groups -OCH3 is 1. The highest BCUT2D eigenvalue weighted by Crippen LogP contribution is 2.58. The molecule has 13 nitrogen and oxygen atoms in total. The zero-order valence-electron chi connectivity index (χ0n) is 35.8. The summed E-state index contributed by atoms with van der Waals surface area (Å²) in [7, 11) is -2.47. The van der Waals surface area contributed by atoms with Gasteiger partial charge in [0.15, 0.2) is 11.4 Å². The van der Waals surface area contributed by atoms with Crippen LogP contribution in [0.15, 0.2) is 36.4 Å². The summed E-state index contributed by atoms with van der Waals surface area (Å²) in [6.45, 7) is 10.4. The van der Waals surface area contributed by atoms with Gasteiger partial charge in [-0.3, -0.25) is 23.9 Å². The van der Waals surface area contributed by atoms with E-state index in [9.17, 15) is 36.4 Å². The number of aromatic nitrogens is 1. The molecule has 3 heterocycles. The number of esters is 1. The van der Waals surface area contributed by atoms with Gasteiger partial charge >= 0.3 is 5.97 Å². The third kappa shape index (κ3) is 9.42. The standard InChI is InChI=1S/C44H59F2N3O10S/c1-9-57-36-20-28-19-30(56-8)14-15-32(28)38(47-36)58-31-21-34-35(50)24-44(40(53)48-60(54,55)42(6)16-17-42)23-29(44)13-11-10-12-26(2)18-27(3)33(39(52)49(34)25-31)22-37(51)59-41(4,5)43(7,45)46/h11,13-15,19-20,26-27,29,31,33-34H,9-10,12,16-18,21-25H2,1-8H3,(H,48,53)/b13-11-/t26-,27-,29-,31-,33+,34+,44-/m1/s1. The smallest absolute Gasteiger partial charge is 0.307 e. The van der Waals surface area contributed by atoms with Crippen molar-refractivity contribution in [2.75, 3.05) is 20.3 Å². The molecule has 7 atom stereocenters. The molecule has 2 aliphatic heterocycles. The minimum absolute atomic E-state index is 0.00558. The lowest BCUT2D eigenvalue weighted by atomic mass is 9.82. The van der Waals surface area contributed by atoms with Gasteiger partial charge in [-0.1, -0.05) is 26.0 Å². The zero-order valence-corrected chi connectivity index (χ0v) is 36.7. The lowest BCUT2D eigenvalue weighted by Crippen LogP contribution is -2.49. The molecule has 16 heteroatoms. The molecule has 0 radical (unpaired) electrons. The molecule has 60 heavy (non-hydrogen) atoms. The van der Waals surface area contributed by atoms with E-state index in [4.69, 9.17) is 18.9 Å². The number of hydrogen-bond acceptors (Lipinski definition) is 11. The fourth-order valence-electron chi connectivity index (χ4n) is 8.46. The molecule has 3 fully saturated rings. The van der Waals surface area contributed by atoms with Gasteiger partial charge in [0.25, 0.3) is 5.92 Å². The van der Waals surface area contributed by atoms with Crippen molar-refractivity contribution in [1.82, 2.24) is 14.6 Å². The Kier molecular flexibility index (Phi) is 12.7. The molecule has 0 spiro atoms. The third-order valence-corrected chi connectivity index (χ3v) is 15.3. The molecule has 2 amide bonds. The number of halogens is 2. The second-order valence-electron chi connectivity index (χ2n) is 18.3. The van der Waals surface area contributed by atoms with E-state index in [-0.39, 0.29) is 43.5 Å². The first-order valence-electron chi connectivity index (χ1n) is 21.0. The summed E-state index contributed by atoms with van der Waals surface area (Å²) in [6, 6.07) is 5.94. The van der Waals surface area contributed by atoms with Crippen molar-refractivity contribution in [3.63, 3.8) is 0 Å². The van der Waals surface area contributed by atoms with Gasteiger partial charge in [-0.15, -0.1) is 0 Å². The van der Waals surface area contributed by atoms with Crippen molar-refractivity contribution >= 4 is 44.4 Å². The van der Waals surface area contributed by atoms with Gasteiger partial charge in [-0.2, -0.15) is 4.98 Å². The Bertz CT molecular complexity index is 2130. The number of benzene rings is 1. The summed E-state index contributed by atoms with van der Waals surface area (Å²) < 4.78 is 79.8. The van der Waals surface area contributed by atoms with Crippen molar-refractivity contribution in [2.24, 2.45) is 29.1 Å². The first-order chi connectivity index (χ1) is 28.0. The first kappa shape index (κ1) is 45.2. The molecule has 4 aliphatic rings. The Morgan fingerprint density at radius 2 is 1.80 bits per heavy atom. The van der Waals surface area contributed by atoms with Crippen LogP contribution in [0.25, 0.3) is 10.8 Å². The van der Waals surface area contributed by atoms with Gasteiger partial charge in [-0.25, -0.2) is 17.2 Å². The minimum Gasteiger partial charge on any atom is -0.497 e. The molecule has 0 unspecified atom stereocenters. The van der Waals surface area contributed by atoms with Crippen molar-refractivity contribution < 1.29 is 55.3 Å². The molecule has 2 aliphatic carbocycles. The van der Waals surface area contributed by atoms with Crippen LogP contribution in [0.3, 0.4) is 0 Å². The molecule has 1 saturated heterocycles. The lowest BCUT2D eigenvalue weighted by molar-refractivity contribution is -0.197. The Morgan fingerprint density at radius 1 is 1.08 bits per heavy atom. The lowest BCUT2D eigenvalue weighted by Gasteiger charge is -2.34. The Labute approximate surface area is 351 Å². The van der Waals surface area contributed by atoms with Crippen LogP contribution in [0, 0.1) is 29.1 Å². The Morgan fingerprint density at radius 3 is 2.45 bits per heavy atom. The average molecular weight is 860 g/mol. The SMILES string of the molecule is CCOc1cc2cc(OC)ccc2c(O[C@@H]2C[C@H]3C(=O)C[C@]4(C(=O)NS(=O)(=O)C5(C)CC5)C[C@H]4/C=C\CC[C@@H](C)C[C@@H](C)[C@H](CC(=O)OC(C)(C)C(C)(F)F)C(=O)N3C2)n1. The second-order valence-corrected chi connectivity index (χ2v) is 20.5. The predicted octanol–water partition coefficient (Wildman–Crippen LogP) is 6.95. The molecule has 1 N–H and O–H groups in total. The maximum Gasteiger partial charge on any atom is 0.307 e. The van der Waals surface area contributed by atoms with Crippen LogP contribution in [0.4, 0.5) is 8.78 Å².